The van der Waals surface area contributed by atoms with Gasteiger partial charge in [-0.15, -0.1) is 0 Å². The SMILES string of the molecule is C[C@H]1C[C@@H](NC(=O)C2CC3C[C@]4(c5ccccc5)CCC2[C@](C)(C3)C4)CCN1. The van der Waals surface area contributed by atoms with Gasteiger partial charge in [0, 0.05) is 18.0 Å². The van der Waals surface area contributed by atoms with Gasteiger partial charge in [0.2, 0.25) is 5.91 Å². The Labute approximate surface area is 170 Å². The molecular weight excluding hydrogens is 344 g/mol. The highest BCUT2D eigenvalue weighted by Gasteiger charge is 2.59. The summed E-state index contributed by atoms with van der Waals surface area (Å²) in [6, 6.07) is 12.1. The van der Waals surface area contributed by atoms with E-state index in [0.717, 1.165) is 25.8 Å². The van der Waals surface area contributed by atoms with Crippen molar-refractivity contribution < 1.29 is 4.79 Å². The molecule has 2 N–H and O–H groups in total. The van der Waals surface area contributed by atoms with E-state index in [1.807, 2.05) is 0 Å². The summed E-state index contributed by atoms with van der Waals surface area (Å²) >= 11 is 0. The molecule has 1 aliphatic heterocycles. The molecule has 5 rings (SSSR count). The van der Waals surface area contributed by atoms with Crippen LogP contribution in [0.1, 0.15) is 70.8 Å². The summed E-state index contributed by atoms with van der Waals surface area (Å²) in [6.07, 6.45) is 9.64. The Kier molecular flexibility index (Phi) is 4.58. The lowest BCUT2D eigenvalue weighted by Gasteiger charge is -2.62. The van der Waals surface area contributed by atoms with Gasteiger partial charge in [-0.25, -0.2) is 0 Å². The third kappa shape index (κ3) is 3.10. The van der Waals surface area contributed by atoms with E-state index in [1.165, 1.54) is 32.1 Å². The summed E-state index contributed by atoms with van der Waals surface area (Å²) in [5, 5.41) is 6.97. The molecule has 1 amide bonds. The van der Waals surface area contributed by atoms with Crippen LogP contribution in [0.5, 0.6) is 0 Å². The van der Waals surface area contributed by atoms with Crippen LogP contribution in [0, 0.1) is 23.2 Å². The minimum absolute atomic E-state index is 0.239. The molecule has 3 aliphatic carbocycles. The van der Waals surface area contributed by atoms with E-state index < -0.39 is 0 Å². The lowest BCUT2D eigenvalue weighted by Crippen LogP contribution is -2.58. The molecular formula is C25H36N2O. The highest BCUT2D eigenvalue weighted by atomic mass is 16.2. The second-order valence-corrected chi connectivity index (χ2v) is 10.8. The summed E-state index contributed by atoms with van der Waals surface area (Å²) in [4.78, 5) is 13.4. The summed E-state index contributed by atoms with van der Waals surface area (Å²) in [5.41, 5.74) is 2.25. The highest BCUT2D eigenvalue weighted by molar-refractivity contribution is 5.79. The maximum Gasteiger partial charge on any atom is 0.223 e. The van der Waals surface area contributed by atoms with Gasteiger partial charge in [0.15, 0.2) is 0 Å². The first-order chi connectivity index (χ1) is 13.5. The Morgan fingerprint density at radius 1 is 1.14 bits per heavy atom. The Morgan fingerprint density at radius 2 is 1.96 bits per heavy atom. The van der Waals surface area contributed by atoms with E-state index in [9.17, 15) is 4.79 Å². The van der Waals surface area contributed by atoms with Crippen molar-refractivity contribution in [3.05, 3.63) is 35.9 Å². The average Bonchev–Trinajstić information content (AvgIpc) is 2.66. The number of fused-ring (bicyclic) bond motifs is 2. The number of hydrogen-bond donors (Lipinski definition) is 2. The van der Waals surface area contributed by atoms with Crippen LogP contribution in [0.25, 0.3) is 0 Å². The van der Waals surface area contributed by atoms with E-state index in [-0.39, 0.29) is 5.92 Å². The topological polar surface area (TPSA) is 41.1 Å². The van der Waals surface area contributed by atoms with Gasteiger partial charge < -0.3 is 10.6 Å². The first-order valence-corrected chi connectivity index (χ1v) is 11.6. The molecule has 3 heteroatoms. The van der Waals surface area contributed by atoms with Crippen molar-refractivity contribution in [2.75, 3.05) is 6.54 Å². The van der Waals surface area contributed by atoms with Gasteiger partial charge >= 0.3 is 0 Å². The number of benzene rings is 1. The number of amides is 1. The Hall–Kier alpha value is -1.35. The zero-order chi connectivity index (χ0) is 19.4. The third-order valence-corrected chi connectivity index (χ3v) is 8.77. The largest absolute Gasteiger partial charge is 0.353 e. The van der Waals surface area contributed by atoms with Crippen molar-refractivity contribution in [2.24, 2.45) is 23.2 Å². The van der Waals surface area contributed by atoms with Crippen LogP contribution in [0.15, 0.2) is 30.3 Å². The maximum atomic E-state index is 13.4. The number of carbonyl (C=O) groups excluding carboxylic acids is 1. The lowest BCUT2D eigenvalue weighted by atomic mass is 9.42. The van der Waals surface area contributed by atoms with E-state index in [4.69, 9.17) is 0 Å². The monoisotopic (exact) mass is 380 g/mol. The predicted octanol–water partition coefficient (Wildman–Crippen LogP) is 4.42. The fourth-order valence-corrected chi connectivity index (χ4v) is 7.85. The molecule has 1 aromatic rings. The average molecular weight is 381 g/mol. The molecule has 152 valence electrons. The normalized spacial score (nSPS) is 44.9. The molecule has 1 aromatic carbocycles. The van der Waals surface area contributed by atoms with Crippen LogP contribution in [0.3, 0.4) is 0 Å². The van der Waals surface area contributed by atoms with E-state index in [2.05, 4.69) is 54.8 Å². The van der Waals surface area contributed by atoms with Gasteiger partial charge in [-0.05, 0) is 93.1 Å². The quantitative estimate of drug-likeness (QED) is 0.815. The van der Waals surface area contributed by atoms with Crippen molar-refractivity contribution in [1.29, 1.82) is 0 Å². The maximum absolute atomic E-state index is 13.4. The van der Waals surface area contributed by atoms with Crippen LogP contribution in [-0.4, -0.2) is 24.5 Å². The van der Waals surface area contributed by atoms with Crippen molar-refractivity contribution in [2.45, 2.75) is 82.7 Å². The smallest absolute Gasteiger partial charge is 0.223 e. The van der Waals surface area contributed by atoms with Crippen molar-refractivity contribution in [3.63, 3.8) is 0 Å². The Bertz CT molecular complexity index is 733. The first-order valence-electron chi connectivity index (χ1n) is 11.6. The van der Waals surface area contributed by atoms with Gasteiger partial charge in [0.25, 0.3) is 0 Å². The molecule has 0 spiro atoms. The number of carbonyl (C=O) groups is 1. The van der Waals surface area contributed by atoms with Gasteiger partial charge in [-0.3, -0.25) is 4.79 Å². The third-order valence-electron chi connectivity index (χ3n) is 8.77. The van der Waals surface area contributed by atoms with Crippen LogP contribution >= 0.6 is 0 Å². The summed E-state index contributed by atoms with van der Waals surface area (Å²) in [7, 11) is 0. The first kappa shape index (κ1) is 18.7. The standard InChI is InChI=1S/C25H36N2O/c1-17-12-20(9-11-26-17)27-23(28)21-13-18-14-24(2)16-25(15-18,10-8-22(21)24)19-6-4-3-5-7-19/h3-7,17-18,20-22,26H,8-16H2,1-2H3,(H,27,28)/t17-,18?,20-,21?,22?,24+,25+/m0/s1. The molecule has 1 heterocycles. The van der Waals surface area contributed by atoms with Crippen LogP contribution in [0.2, 0.25) is 0 Å². The molecule has 0 aromatic heterocycles. The molecule has 4 aliphatic rings. The summed E-state index contributed by atoms with van der Waals surface area (Å²) in [5.74, 6) is 1.88. The number of hydrogen-bond acceptors (Lipinski definition) is 2. The molecule has 3 saturated carbocycles. The molecule has 0 radical (unpaired) electrons. The van der Waals surface area contributed by atoms with Gasteiger partial charge in [-0.2, -0.15) is 0 Å². The highest BCUT2D eigenvalue weighted by Crippen LogP contribution is 2.66. The summed E-state index contributed by atoms with van der Waals surface area (Å²) < 4.78 is 0. The molecule has 3 unspecified atom stereocenters. The van der Waals surface area contributed by atoms with Crippen LogP contribution in [-0.2, 0) is 10.2 Å². The Balaban J connectivity index is 1.35. The van der Waals surface area contributed by atoms with Gasteiger partial charge in [0.1, 0.15) is 0 Å². The van der Waals surface area contributed by atoms with E-state index in [0.29, 0.717) is 40.7 Å². The molecule has 4 fully saturated rings. The molecule has 1 saturated heterocycles. The van der Waals surface area contributed by atoms with Crippen molar-refractivity contribution in [3.8, 4) is 0 Å². The Morgan fingerprint density at radius 3 is 2.75 bits per heavy atom. The second-order valence-electron chi connectivity index (χ2n) is 10.8. The second kappa shape index (κ2) is 6.86. The number of piperidine rings is 1. The van der Waals surface area contributed by atoms with Crippen molar-refractivity contribution in [1.82, 2.24) is 10.6 Å². The minimum Gasteiger partial charge on any atom is -0.353 e. The van der Waals surface area contributed by atoms with Crippen LogP contribution < -0.4 is 10.6 Å². The zero-order valence-corrected chi connectivity index (χ0v) is 17.5. The van der Waals surface area contributed by atoms with E-state index in [1.54, 1.807) is 5.56 Å². The molecule has 28 heavy (non-hydrogen) atoms. The van der Waals surface area contributed by atoms with E-state index >= 15 is 0 Å². The van der Waals surface area contributed by atoms with Gasteiger partial charge in [-0.1, -0.05) is 37.3 Å². The van der Waals surface area contributed by atoms with Crippen molar-refractivity contribution >= 4 is 5.91 Å². The lowest BCUT2D eigenvalue weighted by molar-refractivity contribution is -0.144. The molecule has 7 atom stereocenters. The molecule has 3 nitrogen and oxygen atoms in total. The summed E-state index contributed by atoms with van der Waals surface area (Å²) in [6.45, 7) is 5.77. The fraction of sp³-hybridized carbons (Fsp3) is 0.720. The predicted molar refractivity (Wildman–Crippen MR) is 113 cm³/mol. The molecule has 3 bridgehead atoms. The van der Waals surface area contributed by atoms with Gasteiger partial charge in [0.05, 0.1) is 0 Å². The minimum atomic E-state index is 0.239. The fourth-order valence-electron chi connectivity index (χ4n) is 7.85. The zero-order valence-electron chi connectivity index (χ0n) is 17.5. The van der Waals surface area contributed by atoms with Crippen LogP contribution in [0.4, 0.5) is 0 Å². The number of nitrogens with one attached hydrogen (secondary N) is 2. The number of rotatable bonds is 3.